The molecular formula is C24H19BrN2O3. The van der Waals surface area contributed by atoms with Gasteiger partial charge in [0.1, 0.15) is 5.58 Å². The lowest BCUT2D eigenvalue weighted by Crippen LogP contribution is -2.17. The largest absolute Gasteiger partial charge is 0.449 e. The summed E-state index contributed by atoms with van der Waals surface area (Å²) in [6, 6.07) is 22.0. The molecule has 5 nitrogen and oxygen atoms in total. The number of carbonyl (C=O) groups excluding carboxylic acids is 2. The van der Waals surface area contributed by atoms with Crippen LogP contribution in [-0.4, -0.2) is 18.2 Å². The lowest BCUT2D eigenvalue weighted by atomic mass is 10.1. The maximum absolute atomic E-state index is 12.9. The topological polar surface area (TPSA) is 71.3 Å². The monoisotopic (exact) mass is 462 g/mol. The van der Waals surface area contributed by atoms with Gasteiger partial charge >= 0.3 is 0 Å². The Labute approximate surface area is 182 Å². The fourth-order valence-corrected chi connectivity index (χ4v) is 3.46. The average Bonchev–Trinajstić information content (AvgIpc) is 3.11. The van der Waals surface area contributed by atoms with Crippen LogP contribution in [-0.2, 0) is 0 Å². The number of Topliss-reactive ketones (excluding diaryl/α,β-unsaturated/α-hetero) is 1. The number of rotatable bonds is 6. The molecule has 1 heterocycles. The molecule has 4 aromatic rings. The van der Waals surface area contributed by atoms with Crippen molar-refractivity contribution in [2.45, 2.75) is 6.92 Å². The van der Waals surface area contributed by atoms with Gasteiger partial charge in [-0.05, 0) is 48.9 Å². The number of nitrogens with one attached hydrogen (secondary N) is 2. The molecule has 2 N–H and O–H groups in total. The summed E-state index contributed by atoms with van der Waals surface area (Å²) in [5.74, 6) is -0.325. The molecule has 0 fully saturated rings. The fraction of sp³-hybridized carbons (Fsp3) is 0.0833. The molecular weight excluding hydrogens is 444 g/mol. The summed E-state index contributed by atoms with van der Waals surface area (Å²) in [6.45, 7) is 1.99. The second-order valence-corrected chi connectivity index (χ2v) is 7.83. The van der Waals surface area contributed by atoms with Crippen LogP contribution >= 0.6 is 15.9 Å². The van der Waals surface area contributed by atoms with E-state index in [0.717, 1.165) is 15.4 Å². The van der Waals surface area contributed by atoms with Crippen LogP contribution in [0.1, 0.15) is 26.5 Å². The van der Waals surface area contributed by atoms with Gasteiger partial charge in [0.25, 0.3) is 5.91 Å². The van der Waals surface area contributed by atoms with Gasteiger partial charge in [0.2, 0.25) is 5.76 Å². The smallest absolute Gasteiger partial charge is 0.293 e. The van der Waals surface area contributed by atoms with Gasteiger partial charge in [0.05, 0.1) is 12.2 Å². The number of amides is 1. The Balaban J connectivity index is 1.60. The minimum absolute atomic E-state index is 0.0376. The van der Waals surface area contributed by atoms with Crippen molar-refractivity contribution in [3.63, 3.8) is 0 Å². The van der Waals surface area contributed by atoms with Gasteiger partial charge in [-0.2, -0.15) is 0 Å². The highest BCUT2D eigenvalue weighted by Gasteiger charge is 2.21. The van der Waals surface area contributed by atoms with Gasteiger partial charge in [0.15, 0.2) is 5.78 Å². The number of ketones is 1. The maximum Gasteiger partial charge on any atom is 0.293 e. The number of hydrogen-bond acceptors (Lipinski definition) is 4. The quantitative estimate of drug-likeness (QED) is 0.342. The molecule has 0 aliphatic rings. The first-order valence-electron chi connectivity index (χ1n) is 9.43. The van der Waals surface area contributed by atoms with E-state index >= 15 is 0 Å². The first-order valence-corrected chi connectivity index (χ1v) is 10.2. The van der Waals surface area contributed by atoms with Gasteiger partial charge in [-0.25, -0.2) is 0 Å². The predicted octanol–water partition coefficient (Wildman–Crippen LogP) is 6.05. The summed E-state index contributed by atoms with van der Waals surface area (Å²) in [7, 11) is 0. The van der Waals surface area contributed by atoms with E-state index in [4.69, 9.17) is 4.42 Å². The van der Waals surface area contributed by atoms with Crippen molar-refractivity contribution in [1.82, 2.24) is 0 Å². The van der Waals surface area contributed by atoms with E-state index in [9.17, 15) is 9.59 Å². The third kappa shape index (κ3) is 4.28. The molecule has 0 unspecified atom stereocenters. The van der Waals surface area contributed by atoms with E-state index < -0.39 is 0 Å². The van der Waals surface area contributed by atoms with Crippen molar-refractivity contribution in [2.24, 2.45) is 0 Å². The van der Waals surface area contributed by atoms with Gasteiger partial charge in [-0.15, -0.1) is 0 Å². The number of anilines is 2. The summed E-state index contributed by atoms with van der Waals surface area (Å²) >= 11 is 3.37. The maximum atomic E-state index is 12.9. The Kier molecular flexibility index (Phi) is 5.68. The van der Waals surface area contributed by atoms with Crippen LogP contribution in [0.15, 0.2) is 81.7 Å². The van der Waals surface area contributed by atoms with Crippen molar-refractivity contribution in [1.29, 1.82) is 0 Å². The number of carbonyl (C=O) groups is 2. The van der Waals surface area contributed by atoms with E-state index in [1.807, 2.05) is 61.5 Å². The first-order chi connectivity index (χ1) is 14.5. The number of hydrogen-bond donors (Lipinski definition) is 2. The van der Waals surface area contributed by atoms with Crippen LogP contribution in [0, 0.1) is 6.92 Å². The third-order valence-electron chi connectivity index (χ3n) is 4.67. The molecule has 0 radical (unpaired) electrons. The number of aryl methyl sites for hydroxylation is 1. The standard InChI is InChI=1S/C24H19BrN2O3/c1-15-5-4-6-18(13-15)27-24(29)23-22(19-7-2-3-8-21(19)30-23)26-14-20(28)16-9-11-17(25)12-10-16/h2-13,26H,14H2,1H3,(H,27,29). The number of fused-ring (bicyclic) bond motifs is 1. The zero-order valence-corrected chi connectivity index (χ0v) is 17.8. The number of para-hydroxylation sites is 1. The molecule has 4 rings (SSSR count). The molecule has 0 saturated heterocycles. The molecule has 30 heavy (non-hydrogen) atoms. The van der Waals surface area contributed by atoms with Gasteiger partial charge in [-0.3, -0.25) is 9.59 Å². The molecule has 6 heteroatoms. The molecule has 0 bridgehead atoms. The van der Waals surface area contributed by atoms with Crippen LogP contribution in [0.25, 0.3) is 11.0 Å². The Morgan fingerprint density at radius 1 is 0.967 bits per heavy atom. The summed E-state index contributed by atoms with van der Waals surface area (Å²) in [6.07, 6.45) is 0. The van der Waals surface area contributed by atoms with E-state index in [1.165, 1.54) is 0 Å². The van der Waals surface area contributed by atoms with Crippen LogP contribution in [0.4, 0.5) is 11.4 Å². The van der Waals surface area contributed by atoms with Crippen molar-refractivity contribution in [2.75, 3.05) is 17.2 Å². The second kappa shape index (κ2) is 8.55. The van der Waals surface area contributed by atoms with Crippen LogP contribution in [0.3, 0.4) is 0 Å². The van der Waals surface area contributed by atoms with Crippen molar-refractivity contribution < 1.29 is 14.0 Å². The Bertz CT molecular complexity index is 1230. The second-order valence-electron chi connectivity index (χ2n) is 6.91. The normalized spacial score (nSPS) is 10.7. The molecule has 0 saturated carbocycles. The lowest BCUT2D eigenvalue weighted by Gasteiger charge is -2.08. The van der Waals surface area contributed by atoms with Crippen molar-refractivity contribution in [3.05, 3.63) is 94.2 Å². The highest BCUT2D eigenvalue weighted by atomic mass is 79.9. The number of benzene rings is 3. The molecule has 0 atom stereocenters. The van der Waals surface area contributed by atoms with Gasteiger partial charge < -0.3 is 15.1 Å². The van der Waals surface area contributed by atoms with E-state index in [0.29, 0.717) is 22.5 Å². The third-order valence-corrected chi connectivity index (χ3v) is 5.20. The minimum Gasteiger partial charge on any atom is -0.449 e. The SMILES string of the molecule is Cc1cccc(NC(=O)c2oc3ccccc3c2NCC(=O)c2ccc(Br)cc2)c1. The van der Waals surface area contributed by atoms with E-state index in [2.05, 4.69) is 26.6 Å². The zero-order chi connectivity index (χ0) is 21.1. The summed E-state index contributed by atoms with van der Waals surface area (Å²) in [4.78, 5) is 25.5. The number of furan rings is 1. The van der Waals surface area contributed by atoms with Gasteiger partial charge in [0, 0.05) is 21.1 Å². The molecule has 150 valence electrons. The molecule has 0 spiro atoms. The predicted molar refractivity (Wildman–Crippen MR) is 122 cm³/mol. The summed E-state index contributed by atoms with van der Waals surface area (Å²) in [5, 5.41) is 6.72. The highest BCUT2D eigenvalue weighted by molar-refractivity contribution is 9.10. The summed E-state index contributed by atoms with van der Waals surface area (Å²) < 4.78 is 6.73. The Hall–Kier alpha value is -3.38. The van der Waals surface area contributed by atoms with Crippen molar-refractivity contribution in [3.8, 4) is 0 Å². The van der Waals surface area contributed by atoms with Crippen LogP contribution in [0.2, 0.25) is 0 Å². The zero-order valence-electron chi connectivity index (χ0n) is 16.2. The molecule has 3 aromatic carbocycles. The fourth-order valence-electron chi connectivity index (χ4n) is 3.20. The Morgan fingerprint density at radius 2 is 1.73 bits per heavy atom. The van der Waals surface area contributed by atoms with Crippen LogP contribution < -0.4 is 10.6 Å². The highest BCUT2D eigenvalue weighted by Crippen LogP contribution is 2.31. The van der Waals surface area contributed by atoms with E-state index in [-0.39, 0.29) is 24.0 Å². The molecule has 1 aromatic heterocycles. The summed E-state index contributed by atoms with van der Waals surface area (Å²) in [5.41, 5.74) is 3.38. The van der Waals surface area contributed by atoms with Gasteiger partial charge in [-0.1, -0.05) is 52.3 Å². The van der Waals surface area contributed by atoms with Crippen LogP contribution in [0.5, 0.6) is 0 Å². The lowest BCUT2D eigenvalue weighted by molar-refractivity contribution is 0.0991. The minimum atomic E-state index is -0.379. The molecule has 1 amide bonds. The average molecular weight is 463 g/mol. The molecule has 0 aliphatic carbocycles. The number of halogens is 1. The van der Waals surface area contributed by atoms with E-state index in [1.54, 1.807) is 18.2 Å². The molecule has 0 aliphatic heterocycles. The van der Waals surface area contributed by atoms with Crippen molar-refractivity contribution >= 4 is 50.0 Å². The first kappa shape index (κ1) is 19.9. The Morgan fingerprint density at radius 3 is 2.50 bits per heavy atom.